The van der Waals surface area contributed by atoms with Crippen molar-refractivity contribution in [2.45, 2.75) is 69.1 Å². The molecule has 6 atom stereocenters. The first-order valence-corrected chi connectivity index (χ1v) is 20.1. The number of fused-ring (bicyclic) bond motifs is 6. The molecule has 0 radical (unpaired) electrons. The summed E-state index contributed by atoms with van der Waals surface area (Å²) in [5.41, 5.74) is 14.5. The first-order chi connectivity index (χ1) is 27.7. The Balaban J connectivity index is 1.23. The lowest BCUT2D eigenvalue weighted by atomic mass is 9.64. The van der Waals surface area contributed by atoms with Crippen molar-refractivity contribution < 1.29 is 34.0 Å². The van der Waals surface area contributed by atoms with Crippen LogP contribution in [0.15, 0.2) is 96.7 Å². The molecule has 0 aromatic heterocycles. The maximum absolute atomic E-state index is 12.3. The molecule has 4 aliphatic rings. The predicted molar refractivity (Wildman–Crippen MR) is 220 cm³/mol. The molecule has 0 saturated heterocycles. The second-order valence-corrected chi connectivity index (χ2v) is 16.0. The van der Waals surface area contributed by atoms with Crippen molar-refractivity contribution >= 4 is 5.97 Å². The average molecular weight is 772 g/mol. The van der Waals surface area contributed by atoms with Crippen LogP contribution in [-0.4, -0.2) is 56.3 Å². The van der Waals surface area contributed by atoms with Crippen molar-refractivity contribution in [3.05, 3.63) is 125 Å². The molecular weight excluding hydrogens is 719 g/mol. The van der Waals surface area contributed by atoms with Crippen LogP contribution < -0.4 is 30.6 Å². The van der Waals surface area contributed by atoms with Gasteiger partial charge in [-0.15, -0.1) is 0 Å². The quantitative estimate of drug-likeness (QED) is 0.0693. The van der Waals surface area contributed by atoms with Crippen LogP contribution >= 0.6 is 0 Å². The van der Waals surface area contributed by atoms with Crippen LogP contribution in [0.4, 0.5) is 0 Å². The molecule has 298 valence electrons. The van der Waals surface area contributed by atoms with Crippen molar-refractivity contribution in [3.63, 3.8) is 0 Å². The number of benzene rings is 4. The number of aryl methyl sites for hydroxylation is 1. The lowest BCUT2D eigenvalue weighted by Gasteiger charge is -2.40. The van der Waals surface area contributed by atoms with Crippen molar-refractivity contribution in [3.8, 4) is 39.9 Å². The van der Waals surface area contributed by atoms with Crippen LogP contribution in [0.2, 0.25) is 0 Å². The Morgan fingerprint density at radius 1 is 1.09 bits per heavy atom. The third kappa shape index (κ3) is 7.56. The number of esters is 1. The molecule has 2 aliphatic heterocycles. The van der Waals surface area contributed by atoms with Crippen molar-refractivity contribution in [2.75, 3.05) is 33.9 Å². The predicted octanol–water partition coefficient (Wildman–Crippen LogP) is 7.32. The number of hydrogen-bond acceptors (Lipinski definition) is 10. The van der Waals surface area contributed by atoms with E-state index >= 15 is 0 Å². The molecule has 0 bridgehead atoms. The molecule has 2 heterocycles. The Labute approximate surface area is 334 Å². The number of nitrogens with one attached hydrogen (secondary N) is 2. The summed E-state index contributed by atoms with van der Waals surface area (Å²) >= 11 is 0. The van der Waals surface area contributed by atoms with Gasteiger partial charge < -0.3 is 45.5 Å². The summed E-state index contributed by atoms with van der Waals surface area (Å²) in [5.74, 6) is 1.98. The maximum Gasteiger partial charge on any atom is 0.302 e. The molecule has 4 aromatic rings. The largest absolute Gasteiger partial charge is 0.508 e. The highest BCUT2D eigenvalue weighted by Gasteiger charge is 2.51. The third-order valence-corrected chi connectivity index (χ3v) is 12.5. The lowest BCUT2D eigenvalue weighted by Crippen LogP contribution is -2.35. The number of hydrogen-bond donors (Lipinski definition) is 5. The van der Waals surface area contributed by atoms with E-state index in [4.69, 9.17) is 24.7 Å². The highest BCUT2D eigenvalue weighted by molar-refractivity contribution is 5.84. The van der Waals surface area contributed by atoms with Gasteiger partial charge in [0.1, 0.15) is 36.6 Å². The molecule has 4 aromatic carbocycles. The van der Waals surface area contributed by atoms with E-state index in [2.05, 4.69) is 65.4 Å². The van der Waals surface area contributed by atoms with E-state index < -0.39 is 6.10 Å². The number of likely N-dealkylation sites (N-methyl/N-ethyl adjacent to an activating group) is 1. The van der Waals surface area contributed by atoms with Gasteiger partial charge in [-0.25, -0.2) is 0 Å². The van der Waals surface area contributed by atoms with Crippen LogP contribution in [0, 0.1) is 11.8 Å². The molecule has 57 heavy (non-hydrogen) atoms. The van der Waals surface area contributed by atoms with Gasteiger partial charge >= 0.3 is 5.97 Å². The Kier molecular flexibility index (Phi) is 10.9. The summed E-state index contributed by atoms with van der Waals surface area (Å²) < 4.78 is 24.9. The summed E-state index contributed by atoms with van der Waals surface area (Å²) in [4.78, 5) is 12.3. The number of phenols is 2. The van der Waals surface area contributed by atoms with Gasteiger partial charge in [-0.05, 0) is 110 Å². The van der Waals surface area contributed by atoms with Crippen LogP contribution in [0.5, 0.6) is 28.7 Å². The van der Waals surface area contributed by atoms with E-state index in [0.29, 0.717) is 37.0 Å². The number of rotatable bonds is 13. The number of dihydropyridines is 1. The van der Waals surface area contributed by atoms with Gasteiger partial charge in [0.25, 0.3) is 0 Å². The molecule has 1 spiro atoms. The van der Waals surface area contributed by atoms with Gasteiger partial charge in [0.15, 0.2) is 11.5 Å². The zero-order valence-electron chi connectivity index (χ0n) is 32.9. The SMILES string of the molecule is CNCCOc1cc(C2Oc3c(ccc4c3C3(CCC(C(CCc5ccccc5)C5=CNC(N)C=C5)C3)Cc3cc(O)cc(OC)c3-4)C2COC(C)=O)ccc1O. The second-order valence-electron chi connectivity index (χ2n) is 16.0. The van der Waals surface area contributed by atoms with E-state index in [0.717, 1.165) is 71.2 Å². The van der Waals surface area contributed by atoms with Crippen molar-refractivity contribution in [2.24, 2.45) is 17.6 Å². The molecule has 6 unspecified atom stereocenters. The van der Waals surface area contributed by atoms with E-state index in [9.17, 15) is 15.0 Å². The van der Waals surface area contributed by atoms with E-state index in [1.165, 1.54) is 18.1 Å². The summed E-state index contributed by atoms with van der Waals surface area (Å²) in [5, 5.41) is 28.1. The minimum Gasteiger partial charge on any atom is -0.508 e. The zero-order chi connectivity index (χ0) is 39.7. The van der Waals surface area contributed by atoms with Crippen LogP contribution in [0.1, 0.15) is 72.4 Å². The van der Waals surface area contributed by atoms with Crippen molar-refractivity contribution in [1.82, 2.24) is 10.6 Å². The molecular formula is C47H53N3O7. The number of carbonyl (C=O) groups excluding carboxylic acids is 1. The fourth-order valence-electron chi connectivity index (χ4n) is 9.89. The number of phenolic OH excluding ortho intramolecular Hbond substituents is 2. The molecule has 6 N–H and O–H groups in total. The van der Waals surface area contributed by atoms with Gasteiger partial charge in [-0.1, -0.05) is 54.6 Å². The summed E-state index contributed by atoms with van der Waals surface area (Å²) in [6.07, 6.45) is 11.1. The molecule has 2 aliphatic carbocycles. The maximum atomic E-state index is 12.3. The van der Waals surface area contributed by atoms with Gasteiger partial charge in [0, 0.05) is 47.8 Å². The lowest BCUT2D eigenvalue weighted by molar-refractivity contribution is -0.141. The molecule has 1 saturated carbocycles. The average Bonchev–Trinajstić information content (AvgIpc) is 3.80. The minimum absolute atomic E-state index is 0.0455. The molecule has 10 nitrogen and oxygen atoms in total. The number of nitrogens with two attached hydrogens (primary N) is 1. The van der Waals surface area contributed by atoms with Crippen LogP contribution in [0.25, 0.3) is 11.1 Å². The molecule has 0 amide bonds. The molecule has 1 fully saturated rings. The normalized spacial score (nSPS) is 23.4. The number of ether oxygens (including phenoxy) is 4. The Bertz CT molecular complexity index is 2190. The number of allylic oxidation sites excluding steroid dienone is 2. The first-order valence-electron chi connectivity index (χ1n) is 20.1. The number of methoxy groups -OCH3 is 1. The fraction of sp³-hybridized carbons (Fsp3) is 0.383. The number of aromatic hydroxyl groups is 2. The monoisotopic (exact) mass is 771 g/mol. The van der Waals surface area contributed by atoms with Crippen molar-refractivity contribution in [1.29, 1.82) is 0 Å². The molecule has 10 heteroatoms. The summed E-state index contributed by atoms with van der Waals surface area (Å²) in [7, 11) is 3.49. The second kappa shape index (κ2) is 16.2. The fourth-order valence-corrected chi connectivity index (χ4v) is 9.89. The van der Waals surface area contributed by atoms with Gasteiger partial charge in [0.05, 0.1) is 19.2 Å². The topological polar surface area (TPSA) is 145 Å². The first kappa shape index (κ1) is 38.4. The van der Waals surface area contributed by atoms with E-state index in [1.807, 2.05) is 31.3 Å². The standard InChI is InChI=1S/C47H53N3O7/c1-28(51)56-27-38-36-13-14-37-43-33(21-34(52)23-41(43)54-3)25-47(44(37)46(36)57-45(38)30-10-15-39(53)40(22-30)55-20-19-49-2)18-17-31(24-47)35(32-11-16-42(48)50-26-32)12-9-29-7-5-4-6-8-29/h4-8,10-11,13-16,21-23,26,31,35,38,42,45,49-50,52-53H,9,12,17-20,24-25,27,48H2,1-3H3. The Morgan fingerprint density at radius 3 is 2.68 bits per heavy atom. The Hall–Kier alpha value is -5.45. The zero-order valence-corrected chi connectivity index (χ0v) is 32.9. The summed E-state index contributed by atoms with van der Waals surface area (Å²) in [6.45, 7) is 2.55. The Morgan fingerprint density at radius 2 is 1.93 bits per heavy atom. The smallest absolute Gasteiger partial charge is 0.302 e. The van der Waals surface area contributed by atoms with Gasteiger partial charge in [0.2, 0.25) is 0 Å². The summed E-state index contributed by atoms with van der Waals surface area (Å²) in [6, 6.07) is 23.9. The van der Waals surface area contributed by atoms with E-state index in [1.54, 1.807) is 19.2 Å². The minimum atomic E-state index is -0.512. The highest BCUT2D eigenvalue weighted by Crippen LogP contribution is 2.63. The van der Waals surface area contributed by atoms with E-state index in [-0.39, 0.29) is 47.5 Å². The molecule has 8 rings (SSSR count). The van der Waals surface area contributed by atoms with Gasteiger partial charge in [-0.2, -0.15) is 0 Å². The highest BCUT2D eigenvalue weighted by atomic mass is 16.5. The third-order valence-electron chi connectivity index (χ3n) is 12.5. The van der Waals surface area contributed by atoms with Crippen LogP contribution in [-0.2, 0) is 27.8 Å². The van der Waals surface area contributed by atoms with Gasteiger partial charge in [-0.3, -0.25) is 4.79 Å². The van der Waals surface area contributed by atoms with Crippen LogP contribution in [0.3, 0.4) is 0 Å². The number of carbonyl (C=O) groups is 1.